The average molecular weight is 232 g/mol. The van der Waals surface area contributed by atoms with Gasteiger partial charge in [0.25, 0.3) is 0 Å². The summed E-state index contributed by atoms with van der Waals surface area (Å²) in [7, 11) is 0. The standard InChI is InChI=1S/C6H9BrF3N/c7-6(9,10)5(8)1-3-11-4-2-5/h11H,1-4H2. The molecule has 66 valence electrons. The SMILES string of the molecule is FC(F)(Br)C1(F)CCNCC1. The highest BCUT2D eigenvalue weighted by Crippen LogP contribution is 2.43. The molecule has 0 bridgehead atoms. The van der Waals surface area contributed by atoms with Crippen molar-refractivity contribution in [2.75, 3.05) is 13.1 Å². The molecule has 1 heterocycles. The Balaban J connectivity index is 2.64. The fraction of sp³-hybridized carbons (Fsp3) is 1.00. The van der Waals surface area contributed by atoms with Crippen LogP contribution in [0.4, 0.5) is 13.2 Å². The largest absolute Gasteiger partial charge is 0.334 e. The molecule has 0 unspecified atom stereocenters. The lowest BCUT2D eigenvalue weighted by Crippen LogP contribution is -2.48. The van der Waals surface area contributed by atoms with Crippen LogP contribution >= 0.6 is 15.9 Å². The molecule has 1 aliphatic heterocycles. The first kappa shape index (κ1) is 9.32. The van der Waals surface area contributed by atoms with E-state index < -0.39 is 10.5 Å². The average Bonchev–Trinajstić information content (AvgIpc) is 1.87. The van der Waals surface area contributed by atoms with Crippen LogP contribution < -0.4 is 5.32 Å². The number of hydrogen-bond acceptors (Lipinski definition) is 1. The molecule has 1 N–H and O–H groups in total. The van der Waals surface area contributed by atoms with Crippen molar-refractivity contribution in [3.63, 3.8) is 0 Å². The van der Waals surface area contributed by atoms with Gasteiger partial charge in [0.05, 0.1) is 0 Å². The number of nitrogens with one attached hydrogen (secondary N) is 1. The van der Waals surface area contributed by atoms with Crippen molar-refractivity contribution in [2.45, 2.75) is 23.3 Å². The quantitative estimate of drug-likeness (QED) is 0.682. The zero-order chi connectivity index (χ0) is 8.54. The molecule has 0 aromatic heterocycles. The zero-order valence-corrected chi connectivity index (χ0v) is 7.43. The van der Waals surface area contributed by atoms with Gasteiger partial charge in [0.1, 0.15) is 0 Å². The predicted molar refractivity (Wildman–Crippen MR) is 39.8 cm³/mol. The van der Waals surface area contributed by atoms with Gasteiger partial charge in [-0.3, -0.25) is 0 Å². The highest BCUT2D eigenvalue weighted by atomic mass is 79.9. The normalized spacial score (nSPS) is 25.1. The summed E-state index contributed by atoms with van der Waals surface area (Å²) in [5.41, 5.74) is -2.36. The minimum absolute atomic E-state index is 0.134. The molecular formula is C6H9BrF3N. The van der Waals surface area contributed by atoms with Crippen molar-refractivity contribution in [2.24, 2.45) is 0 Å². The first-order chi connectivity index (χ1) is 4.96. The summed E-state index contributed by atoms with van der Waals surface area (Å²) in [5.74, 6) is 0. The third-order valence-electron chi connectivity index (χ3n) is 1.90. The molecule has 0 spiro atoms. The number of alkyl halides is 4. The van der Waals surface area contributed by atoms with Crippen LogP contribution in [0.25, 0.3) is 0 Å². The van der Waals surface area contributed by atoms with Crippen LogP contribution in [-0.2, 0) is 0 Å². The maximum Gasteiger partial charge on any atom is 0.334 e. The Morgan fingerprint density at radius 1 is 1.27 bits per heavy atom. The molecule has 0 atom stereocenters. The maximum atomic E-state index is 13.2. The Hall–Kier alpha value is 0.230. The second-order valence-electron chi connectivity index (χ2n) is 2.71. The summed E-state index contributed by atoms with van der Waals surface area (Å²) in [6, 6.07) is 0. The summed E-state index contributed by atoms with van der Waals surface area (Å²) in [5, 5.41) is 2.82. The van der Waals surface area contributed by atoms with Crippen LogP contribution in [0.3, 0.4) is 0 Å². The van der Waals surface area contributed by atoms with E-state index in [-0.39, 0.29) is 12.8 Å². The summed E-state index contributed by atoms with van der Waals surface area (Å²) in [4.78, 5) is -3.39. The third kappa shape index (κ3) is 1.87. The Kier molecular flexibility index (Phi) is 2.49. The number of hydrogen-bond donors (Lipinski definition) is 1. The molecule has 0 aromatic carbocycles. The summed E-state index contributed by atoms with van der Waals surface area (Å²) >= 11 is 2.06. The van der Waals surface area contributed by atoms with Gasteiger partial charge in [-0.05, 0) is 29.0 Å². The summed E-state index contributed by atoms with van der Waals surface area (Å²) < 4.78 is 38.3. The van der Waals surface area contributed by atoms with Crippen molar-refractivity contribution in [3.8, 4) is 0 Å². The van der Waals surface area contributed by atoms with E-state index in [0.717, 1.165) is 0 Å². The van der Waals surface area contributed by atoms with Gasteiger partial charge in [-0.1, -0.05) is 0 Å². The monoisotopic (exact) mass is 231 g/mol. The fourth-order valence-corrected chi connectivity index (χ4v) is 1.50. The predicted octanol–water partition coefficient (Wildman–Crippen LogP) is 2.07. The van der Waals surface area contributed by atoms with Gasteiger partial charge >= 0.3 is 4.83 Å². The smallest absolute Gasteiger partial charge is 0.316 e. The van der Waals surface area contributed by atoms with Crippen molar-refractivity contribution in [1.29, 1.82) is 0 Å². The van der Waals surface area contributed by atoms with Crippen LogP contribution in [0, 0.1) is 0 Å². The Morgan fingerprint density at radius 2 is 1.73 bits per heavy atom. The van der Waals surface area contributed by atoms with E-state index in [4.69, 9.17) is 0 Å². The molecule has 1 aliphatic rings. The lowest BCUT2D eigenvalue weighted by Gasteiger charge is -2.33. The zero-order valence-electron chi connectivity index (χ0n) is 5.84. The number of piperidine rings is 1. The minimum Gasteiger partial charge on any atom is -0.316 e. The second kappa shape index (κ2) is 2.94. The van der Waals surface area contributed by atoms with E-state index in [1.54, 1.807) is 0 Å². The van der Waals surface area contributed by atoms with E-state index in [9.17, 15) is 13.2 Å². The molecular weight excluding hydrogens is 223 g/mol. The third-order valence-corrected chi connectivity index (χ3v) is 2.61. The van der Waals surface area contributed by atoms with Gasteiger partial charge in [-0.25, -0.2) is 4.39 Å². The van der Waals surface area contributed by atoms with Crippen LogP contribution in [-0.4, -0.2) is 23.6 Å². The van der Waals surface area contributed by atoms with E-state index in [1.165, 1.54) is 0 Å². The highest BCUT2D eigenvalue weighted by Gasteiger charge is 2.52. The molecule has 1 fully saturated rings. The number of halogens is 4. The topological polar surface area (TPSA) is 12.0 Å². The Labute approximate surface area is 71.5 Å². The molecule has 1 rings (SSSR count). The first-order valence-electron chi connectivity index (χ1n) is 3.42. The lowest BCUT2D eigenvalue weighted by molar-refractivity contribution is -0.0749. The molecule has 0 saturated carbocycles. The lowest BCUT2D eigenvalue weighted by atomic mass is 9.95. The molecule has 11 heavy (non-hydrogen) atoms. The first-order valence-corrected chi connectivity index (χ1v) is 4.21. The van der Waals surface area contributed by atoms with Crippen LogP contribution in [0.1, 0.15) is 12.8 Å². The van der Waals surface area contributed by atoms with Crippen LogP contribution in [0.5, 0.6) is 0 Å². The van der Waals surface area contributed by atoms with E-state index in [2.05, 4.69) is 21.2 Å². The van der Waals surface area contributed by atoms with Crippen LogP contribution in [0.2, 0.25) is 0 Å². The van der Waals surface area contributed by atoms with Crippen molar-refractivity contribution >= 4 is 15.9 Å². The Morgan fingerprint density at radius 3 is 2.00 bits per heavy atom. The van der Waals surface area contributed by atoms with Gasteiger partial charge < -0.3 is 5.32 Å². The maximum absolute atomic E-state index is 13.2. The summed E-state index contributed by atoms with van der Waals surface area (Å²) in [6.45, 7) is 0.634. The molecule has 1 nitrogen and oxygen atoms in total. The highest BCUT2D eigenvalue weighted by molar-refractivity contribution is 9.10. The molecule has 1 saturated heterocycles. The van der Waals surface area contributed by atoms with Crippen molar-refractivity contribution in [1.82, 2.24) is 5.32 Å². The summed E-state index contributed by atoms with van der Waals surface area (Å²) in [6.07, 6.45) is -0.267. The van der Waals surface area contributed by atoms with Gasteiger partial charge in [-0.15, -0.1) is 0 Å². The van der Waals surface area contributed by atoms with Crippen molar-refractivity contribution in [3.05, 3.63) is 0 Å². The Bertz CT molecular complexity index is 139. The second-order valence-corrected chi connectivity index (χ2v) is 3.71. The number of rotatable bonds is 1. The van der Waals surface area contributed by atoms with Gasteiger partial charge in [0.15, 0.2) is 5.67 Å². The molecule has 0 aromatic rings. The van der Waals surface area contributed by atoms with E-state index in [1.807, 2.05) is 0 Å². The fourth-order valence-electron chi connectivity index (χ4n) is 1.11. The molecule has 5 heteroatoms. The molecule has 0 amide bonds. The van der Waals surface area contributed by atoms with E-state index in [0.29, 0.717) is 13.1 Å². The minimum atomic E-state index is -3.39. The van der Waals surface area contributed by atoms with Crippen molar-refractivity contribution < 1.29 is 13.2 Å². The van der Waals surface area contributed by atoms with Gasteiger partial charge in [0.2, 0.25) is 0 Å². The van der Waals surface area contributed by atoms with Gasteiger partial charge in [-0.2, -0.15) is 8.78 Å². The van der Waals surface area contributed by atoms with E-state index >= 15 is 0 Å². The van der Waals surface area contributed by atoms with Crippen LogP contribution in [0.15, 0.2) is 0 Å². The molecule has 0 radical (unpaired) electrons. The van der Waals surface area contributed by atoms with Gasteiger partial charge in [0, 0.05) is 12.8 Å². The molecule has 0 aliphatic carbocycles.